The standard InChI is InChI=1S/C21H20FNO3S/c1-25-15-8-9-18(26-2)13(10-15)12-23(14-6-7-14)21(24)20-11-16-17(22)4-3-5-19(16)27-20/h3-5,8-11,14H,6-7,12H2,1-2H3. The molecule has 1 saturated carbocycles. The number of thiophene rings is 1. The Morgan fingerprint density at radius 2 is 2.00 bits per heavy atom. The van der Waals surface area contributed by atoms with Crippen LogP contribution in [0.5, 0.6) is 11.5 Å². The summed E-state index contributed by atoms with van der Waals surface area (Å²) in [5.41, 5.74) is 0.893. The normalized spacial score (nSPS) is 13.6. The molecule has 1 aliphatic rings. The summed E-state index contributed by atoms with van der Waals surface area (Å²) in [5.74, 6) is 1.08. The molecule has 6 heteroatoms. The van der Waals surface area contributed by atoms with Crippen molar-refractivity contribution >= 4 is 27.3 Å². The zero-order valence-electron chi connectivity index (χ0n) is 15.2. The lowest BCUT2D eigenvalue weighted by molar-refractivity contribution is 0.0733. The van der Waals surface area contributed by atoms with Crippen LogP contribution >= 0.6 is 11.3 Å². The van der Waals surface area contributed by atoms with Gasteiger partial charge in [0.2, 0.25) is 0 Å². The van der Waals surface area contributed by atoms with Gasteiger partial charge in [-0.15, -0.1) is 11.3 Å². The molecule has 1 fully saturated rings. The van der Waals surface area contributed by atoms with Crippen LogP contribution < -0.4 is 9.47 Å². The monoisotopic (exact) mass is 385 g/mol. The molecule has 3 aromatic rings. The van der Waals surface area contributed by atoms with Gasteiger partial charge < -0.3 is 14.4 Å². The molecule has 0 atom stereocenters. The van der Waals surface area contributed by atoms with Crippen LogP contribution in [0.15, 0.2) is 42.5 Å². The third kappa shape index (κ3) is 3.49. The fraction of sp³-hybridized carbons (Fsp3) is 0.286. The molecule has 2 aromatic carbocycles. The minimum absolute atomic E-state index is 0.0667. The van der Waals surface area contributed by atoms with Gasteiger partial charge in [-0.2, -0.15) is 0 Å². The molecule has 0 unspecified atom stereocenters. The van der Waals surface area contributed by atoms with Crippen molar-refractivity contribution in [2.24, 2.45) is 0 Å². The van der Waals surface area contributed by atoms with Gasteiger partial charge in [0.05, 0.1) is 25.6 Å². The Morgan fingerprint density at radius 3 is 2.67 bits per heavy atom. The maximum Gasteiger partial charge on any atom is 0.264 e. The fourth-order valence-electron chi connectivity index (χ4n) is 3.21. The largest absolute Gasteiger partial charge is 0.497 e. The highest BCUT2D eigenvalue weighted by Gasteiger charge is 2.34. The van der Waals surface area contributed by atoms with E-state index < -0.39 is 0 Å². The van der Waals surface area contributed by atoms with E-state index in [-0.39, 0.29) is 17.8 Å². The quantitative estimate of drug-likeness (QED) is 0.608. The smallest absolute Gasteiger partial charge is 0.264 e. The van der Waals surface area contributed by atoms with Crippen molar-refractivity contribution in [3.05, 3.63) is 58.7 Å². The summed E-state index contributed by atoms with van der Waals surface area (Å²) < 4.78 is 25.6. The number of hydrogen-bond donors (Lipinski definition) is 0. The van der Waals surface area contributed by atoms with Crippen LogP contribution in [0.1, 0.15) is 28.1 Å². The first kappa shape index (κ1) is 17.8. The number of carbonyl (C=O) groups is 1. The molecular formula is C21H20FNO3S. The molecule has 0 spiro atoms. The minimum Gasteiger partial charge on any atom is -0.497 e. The van der Waals surface area contributed by atoms with Crippen molar-refractivity contribution in [3.8, 4) is 11.5 Å². The van der Waals surface area contributed by atoms with Crippen molar-refractivity contribution < 1.29 is 18.7 Å². The number of hydrogen-bond acceptors (Lipinski definition) is 4. The number of benzene rings is 2. The highest BCUT2D eigenvalue weighted by Crippen LogP contribution is 2.35. The number of nitrogens with zero attached hydrogens (tertiary/aromatic N) is 1. The molecule has 1 aliphatic carbocycles. The number of methoxy groups -OCH3 is 2. The molecule has 27 heavy (non-hydrogen) atoms. The molecule has 140 valence electrons. The van der Waals surface area contributed by atoms with E-state index in [1.807, 2.05) is 29.2 Å². The summed E-state index contributed by atoms with van der Waals surface area (Å²) in [7, 11) is 3.23. The van der Waals surface area contributed by atoms with Gasteiger partial charge in [-0.3, -0.25) is 4.79 Å². The molecule has 0 aliphatic heterocycles. The Balaban J connectivity index is 1.66. The summed E-state index contributed by atoms with van der Waals surface area (Å²) in [6.07, 6.45) is 1.97. The lowest BCUT2D eigenvalue weighted by atomic mass is 10.1. The van der Waals surface area contributed by atoms with Gasteiger partial charge in [0.1, 0.15) is 17.3 Å². The predicted octanol–water partition coefficient (Wildman–Crippen LogP) is 4.86. The van der Waals surface area contributed by atoms with Gasteiger partial charge in [0, 0.05) is 21.7 Å². The highest BCUT2D eigenvalue weighted by molar-refractivity contribution is 7.20. The van der Waals surface area contributed by atoms with Gasteiger partial charge in [-0.25, -0.2) is 4.39 Å². The molecule has 0 saturated heterocycles. The lowest BCUT2D eigenvalue weighted by Crippen LogP contribution is -2.32. The average Bonchev–Trinajstić information content (AvgIpc) is 3.43. The van der Waals surface area contributed by atoms with Gasteiger partial charge in [-0.05, 0) is 49.2 Å². The topological polar surface area (TPSA) is 38.8 Å². The third-order valence-electron chi connectivity index (χ3n) is 4.80. The Labute approximate surface area is 161 Å². The Bertz CT molecular complexity index is 996. The Morgan fingerprint density at radius 1 is 1.19 bits per heavy atom. The van der Waals surface area contributed by atoms with E-state index in [2.05, 4.69) is 0 Å². The number of carbonyl (C=O) groups excluding carboxylic acids is 1. The van der Waals surface area contributed by atoms with Crippen molar-refractivity contribution in [2.75, 3.05) is 14.2 Å². The molecular weight excluding hydrogens is 365 g/mol. The van der Waals surface area contributed by atoms with Crippen LogP contribution in [0.4, 0.5) is 4.39 Å². The average molecular weight is 385 g/mol. The Kier molecular flexibility index (Phi) is 4.74. The van der Waals surface area contributed by atoms with Gasteiger partial charge >= 0.3 is 0 Å². The summed E-state index contributed by atoms with van der Waals surface area (Å²) in [6, 6.07) is 12.4. The van der Waals surface area contributed by atoms with Crippen LogP contribution in [0.3, 0.4) is 0 Å². The summed E-state index contributed by atoms with van der Waals surface area (Å²) in [4.78, 5) is 15.6. The molecule has 1 heterocycles. The van der Waals surface area contributed by atoms with E-state index in [1.54, 1.807) is 26.4 Å². The molecule has 4 nitrogen and oxygen atoms in total. The second kappa shape index (κ2) is 7.19. The van der Waals surface area contributed by atoms with E-state index in [0.717, 1.165) is 34.6 Å². The minimum atomic E-state index is -0.296. The van der Waals surface area contributed by atoms with E-state index in [1.165, 1.54) is 17.4 Å². The van der Waals surface area contributed by atoms with E-state index >= 15 is 0 Å². The third-order valence-corrected chi connectivity index (χ3v) is 5.88. The lowest BCUT2D eigenvalue weighted by Gasteiger charge is -2.23. The van der Waals surface area contributed by atoms with Crippen LogP contribution in [-0.4, -0.2) is 31.1 Å². The summed E-state index contributed by atoms with van der Waals surface area (Å²) in [6.45, 7) is 0.431. The molecule has 4 rings (SSSR count). The second-order valence-electron chi connectivity index (χ2n) is 6.60. The molecule has 0 bridgehead atoms. The number of rotatable bonds is 6. The zero-order valence-corrected chi connectivity index (χ0v) is 16.0. The maximum atomic E-state index is 14.0. The second-order valence-corrected chi connectivity index (χ2v) is 7.69. The molecule has 1 amide bonds. The zero-order chi connectivity index (χ0) is 19.0. The summed E-state index contributed by atoms with van der Waals surface area (Å²) >= 11 is 1.33. The van der Waals surface area contributed by atoms with Crippen LogP contribution in [0, 0.1) is 5.82 Å². The summed E-state index contributed by atoms with van der Waals surface area (Å²) in [5, 5.41) is 0.501. The number of amides is 1. The van der Waals surface area contributed by atoms with E-state index in [9.17, 15) is 9.18 Å². The fourth-order valence-corrected chi connectivity index (χ4v) is 4.25. The highest BCUT2D eigenvalue weighted by atomic mass is 32.1. The van der Waals surface area contributed by atoms with Crippen LogP contribution in [0.2, 0.25) is 0 Å². The molecule has 0 N–H and O–H groups in total. The number of ether oxygens (including phenoxy) is 2. The van der Waals surface area contributed by atoms with Gasteiger partial charge in [0.25, 0.3) is 5.91 Å². The first-order chi connectivity index (χ1) is 13.1. The van der Waals surface area contributed by atoms with Crippen molar-refractivity contribution in [2.45, 2.75) is 25.4 Å². The van der Waals surface area contributed by atoms with E-state index in [0.29, 0.717) is 16.8 Å². The Hall–Kier alpha value is -2.60. The predicted molar refractivity (Wildman–Crippen MR) is 104 cm³/mol. The van der Waals surface area contributed by atoms with Crippen LogP contribution in [-0.2, 0) is 6.54 Å². The van der Waals surface area contributed by atoms with Crippen molar-refractivity contribution in [1.82, 2.24) is 4.90 Å². The first-order valence-corrected chi connectivity index (χ1v) is 9.62. The van der Waals surface area contributed by atoms with Crippen LogP contribution in [0.25, 0.3) is 10.1 Å². The SMILES string of the molecule is COc1ccc(OC)c(CN(C(=O)c2cc3c(F)cccc3s2)C2CC2)c1. The van der Waals surface area contributed by atoms with Gasteiger partial charge in [0.15, 0.2) is 0 Å². The number of halogens is 1. The molecule has 1 aromatic heterocycles. The van der Waals surface area contributed by atoms with Crippen molar-refractivity contribution in [1.29, 1.82) is 0 Å². The molecule has 0 radical (unpaired) electrons. The van der Waals surface area contributed by atoms with Crippen molar-refractivity contribution in [3.63, 3.8) is 0 Å². The number of fused-ring (bicyclic) bond motifs is 1. The van der Waals surface area contributed by atoms with E-state index in [4.69, 9.17) is 9.47 Å². The first-order valence-electron chi connectivity index (χ1n) is 8.80. The maximum absolute atomic E-state index is 14.0. The van der Waals surface area contributed by atoms with Gasteiger partial charge in [-0.1, -0.05) is 6.07 Å².